The quantitative estimate of drug-likeness (QED) is 0.262. The number of alkyl halides is 1. The lowest BCUT2D eigenvalue weighted by molar-refractivity contribution is -0.136. The van der Waals surface area contributed by atoms with Crippen LogP contribution in [0.4, 0.5) is 0 Å². The van der Waals surface area contributed by atoms with Crippen molar-refractivity contribution in [2.24, 2.45) is 0 Å². The Morgan fingerprint density at radius 3 is 1.74 bits per heavy atom. The van der Waals surface area contributed by atoms with E-state index in [2.05, 4.69) is 45.0 Å². The molecule has 154 valence electrons. The van der Waals surface area contributed by atoms with E-state index in [1.54, 1.807) is 0 Å². The van der Waals surface area contributed by atoms with Crippen molar-refractivity contribution in [3.63, 3.8) is 0 Å². The van der Waals surface area contributed by atoms with Crippen molar-refractivity contribution >= 4 is 17.6 Å². The molecule has 1 unspecified atom stereocenters. The Balaban J connectivity index is 1.93. The summed E-state index contributed by atoms with van der Waals surface area (Å²) in [5.74, 6) is -0.890. The molecule has 0 aliphatic carbocycles. The average Bonchev–Trinajstić information content (AvgIpc) is 2.62. The number of aryl methyl sites for hydroxylation is 1. The summed E-state index contributed by atoms with van der Waals surface area (Å²) in [4.78, 5) is 10.6. The van der Waals surface area contributed by atoms with Crippen LogP contribution in [0.2, 0.25) is 0 Å². The van der Waals surface area contributed by atoms with E-state index >= 15 is 0 Å². The number of benzene rings is 1. The molecule has 0 fully saturated rings. The topological polar surface area (TPSA) is 37.3 Å². The summed E-state index contributed by atoms with van der Waals surface area (Å²) in [6.45, 7) is 6.78. The molecule has 1 aromatic rings. The first kappa shape index (κ1) is 24.0. The van der Waals surface area contributed by atoms with Crippen LogP contribution in [0.1, 0.15) is 103 Å². The Hall–Kier alpha value is -1.02. The van der Waals surface area contributed by atoms with Gasteiger partial charge in [-0.1, -0.05) is 103 Å². The van der Waals surface area contributed by atoms with Gasteiger partial charge in [-0.3, -0.25) is 4.79 Å². The highest BCUT2D eigenvalue weighted by molar-refractivity contribution is 6.29. The number of carboxylic acid groups (broad SMARTS) is 1. The lowest BCUT2D eigenvalue weighted by atomic mass is 9.86. The summed E-state index contributed by atoms with van der Waals surface area (Å²) in [6.07, 6.45) is 14.2. The Kier molecular flexibility index (Phi) is 11.7. The number of carboxylic acids is 1. The number of aliphatic carboxylic acids is 1. The first-order chi connectivity index (χ1) is 12.8. The third-order valence-electron chi connectivity index (χ3n) is 5.26. The number of hydrogen-bond acceptors (Lipinski definition) is 1. The second-order valence-electron chi connectivity index (χ2n) is 8.83. The predicted molar refractivity (Wildman–Crippen MR) is 117 cm³/mol. The summed E-state index contributed by atoms with van der Waals surface area (Å²) in [5, 5.41) is 8.01. The van der Waals surface area contributed by atoms with Gasteiger partial charge in [-0.15, -0.1) is 11.6 Å². The van der Waals surface area contributed by atoms with Crippen molar-refractivity contribution in [3.8, 4) is 0 Å². The summed E-state index contributed by atoms with van der Waals surface area (Å²) in [6, 6.07) is 9.15. The molecule has 1 N–H and O–H groups in total. The number of unbranched alkanes of at least 4 members (excludes halogenated alkanes) is 9. The maximum Gasteiger partial charge on any atom is 0.321 e. The highest BCUT2D eigenvalue weighted by Crippen LogP contribution is 2.22. The van der Waals surface area contributed by atoms with Gasteiger partial charge in [-0.2, -0.15) is 0 Å². The van der Waals surface area contributed by atoms with Crippen LogP contribution >= 0.6 is 11.6 Å². The number of carbonyl (C=O) groups is 1. The number of hydrogen-bond donors (Lipinski definition) is 1. The molecule has 0 aliphatic rings. The monoisotopic (exact) mass is 394 g/mol. The minimum atomic E-state index is -0.890. The largest absolute Gasteiger partial charge is 0.480 e. The molecule has 0 aliphatic heterocycles. The summed E-state index contributed by atoms with van der Waals surface area (Å²) >= 11 is 5.70. The zero-order valence-electron chi connectivity index (χ0n) is 17.6. The molecule has 3 heteroatoms. The summed E-state index contributed by atoms with van der Waals surface area (Å²) in [7, 11) is 0. The second kappa shape index (κ2) is 13.2. The number of rotatable bonds is 14. The molecule has 0 radical (unpaired) electrons. The Labute approximate surface area is 171 Å². The van der Waals surface area contributed by atoms with Crippen molar-refractivity contribution in [1.82, 2.24) is 0 Å². The van der Waals surface area contributed by atoms with Crippen molar-refractivity contribution < 1.29 is 9.90 Å². The third kappa shape index (κ3) is 11.4. The van der Waals surface area contributed by atoms with Gasteiger partial charge in [0, 0.05) is 0 Å². The minimum Gasteiger partial charge on any atom is -0.480 e. The molecule has 1 atom stereocenters. The molecule has 0 spiro atoms. The molecule has 0 saturated heterocycles. The third-order valence-corrected chi connectivity index (χ3v) is 5.67. The highest BCUT2D eigenvalue weighted by atomic mass is 35.5. The van der Waals surface area contributed by atoms with Crippen LogP contribution in [0.5, 0.6) is 0 Å². The van der Waals surface area contributed by atoms with E-state index in [4.69, 9.17) is 16.7 Å². The molecule has 0 heterocycles. The maximum absolute atomic E-state index is 10.6. The van der Waals surface area contributed by atoms with Gasteiger partial charge in [0.05, 0.1) is 0 Å². The van der Waals surface area contributed by atoms with Gasteiger partial charge >= 0.3 is 5.97 Å². The molecule has 27 heavy (non-hydrogen) atoms. The van der Waals surface area contributed by atoms with Crippen molar-refractivity contribution in [2.45, 2.75) is 109 Å². The van der Waals surface area contributed by atoms with Gasteiger partial charge in [0.25, 0.3) is 0 Å². The average molecular weight is 395 g/mol. The second-order valence-corrected chi connectivity index (χ2v) is 9.35. The molecule has 2 nitrogen and oxygen atoms in total. The molecule has 0 saturated carbocycles. The normalized spacial score (nSPS) is 12.9. The van der Waals surface area contributed by atoms with Crippen LogP contribution < -0.4 is 0 Å². The lowest BCUT2D eigenvalue weighted by Gasteiger charge is -2.19. The predicted octanol–water partition coefficient (Wildman–Crippen LogP) is 7.51. The molecule has 1 rings (SSSR count). The van der Waals surface area contributed by atoms with E-state index in [-0.39, 0.29) is 5.41 Å². The van der Waals surface area contributed by atoms with E-state index in [1.807, 2.05) is 0 Å². The molecule has 0 amide bonds. The van der Waals surface area contributed by atoms with Gasteiger partial charge in [0.2, 0.25) is 0 Å². The maximum atomic E-state index is 10.6. The SMILES string of the molecule is CC(C)(C)c1ccc(CCCCCCCCCCCCC(Cl)C(=O)O)cc1. The number of halogens is 1. The van der Waals surface area contributed by atoms with Crippen LogP contribution in [0.3, 0.4) is 0 Å². The first-order valence-corrected chi connectivity index (χ1v) is 11.2. The van der Waals surface area contributed by atoms with E-state index < -0.39 is 11.3 Å². The van der Waals surface area contributed by atoms with E-state index in [1.165, 1.54) is 68.9 Å². The fourth-order valence-corrected chi connectivity index (χ4v) is 3.52. The fourth-order valence-electron chi connectivity index (χ4n) is 3.36. The summed E-state index contributed by atoms with van der Waals surface area (Å²) in [5.41, 5.74) is 3.12. The first-order valence-electron chi connectivity index (χ1n) is 10.8. The Morgan fingerprint density at radius 1 is 0.852 bits per heavy atom. The fraction of sp³-hybridized carbons (Fsp3) is 0.708. The van der Waals surface area contributed by atoms with Gasteiger partial charge < -0.3 is 5.11 Å². The molecular formula is C24H39ClO2. The van der Waals surface area contributed by atoms with Crippen LogP contribution in [-0.2, 0) is 16.6 Å². The smallest absolute Gasteiger partial charge is 0.321 e. The van der Waals surface area contributed by atoms with Crippen molar-refractivity contribution in [3.05, 3.63) is 35.4 Å². The van der Waals surface area contributed by atoms with Crippen LogP contribution in [0.25, 0.3) is 0 Å². The standard InChI is InChI=1S/C24H39ClO2/c1-24(2,3)21-18-16-20(17-19-21)14-12-10-8-6-4-5-7-9-11-13-15-22(25)23(26)27/h16-19,22H,4-15H2,1-3H3,(H,26,27). The van der Waals surface area contributed by atoms with Gasteiger partial charge in [-0.05, 0) is 35.8 Å². The van der Waals surface area contributed by atoms with E-state index in [0.717, 1.165) is 12.8 Å². The lowest BCUT2D eigenvalue weighted by Crippen LogP contribution is -2.12. The zero-order valence-corrected chi connectivity index (χ0v) is 18.4. The molecule has 0 bridgehead atoms. The summed E-state index contributed by atoms with van der Waals surface area (Å²) < 4.78 is 0. The van der Waals surface area contributed by atoms with Gasteiger partial charge in [0.15, 0.2) is 0 Å². The van der Waals surface area contributed by atoms with Crippen molar-refractivity contribution in [1.29, 1.82) is 0 Å². The Morgan fingerprint density at radius 2 is 1.30 bits per heavy atom. The van der Waals surface area contributed by atoms with Gasteiger partial charge in [-0.25, -0.2) is 0 Å². The molecule has 0 aromatic heterocycles. The van der Waals surface area contributed by atoms with E-state index in [0.29, 0.717) is 6.42 Å². The zero-order chi connectivity index (χ0) is 20.1. The van der Waals surface area contributed by atoms with Crippen molar-refractivity contribution in [2.75, 3.05) is 0 Å². The minimum absolute atomic E-state index is 0.240. The Bertz CT molecular complexity index is 516. The highest BCUT2D eigenvalue weighted by Gasteiger charge is 2.13. The van der Waals surface area contributed by atoms with E-state index in [9.17, 15) is 4.79 Å². The van der Waals surface area contributed by atoms with Crippen LogP contribution in [0.15, 0.2) is 24.3 Å². The van der Waals surface area contributed by atoms with Crippen LogP contribution in [-0.4, -0.2) is 16.5 Å². The molecular weight excluding hydrogens is 356 g/mol. The van der Waals surface area contributed by atoms with Crippen LogP contribution in [0, 0.1) is 0 Å². The van der Waals surface area contributed by atoms with Gasteiger partial charge in [0.1, 0.15) is 5.38 Å². The molecule has 1 aromatic carbocycles.